The largest absolute Gasteiger partial charge is 0.371 e. The summed E-state index contributed by atoms with van der Waals surface area (Å²) in [5.41, 5.74) is 1.20. The third kappa shape index (κ3) is 4.83. The van der Waals surface area contributed by atoms with E-state index in [-0.39, 0.29) is 18.5 Å². The van der Waals surface area contributed by atoms with Crippen molar-refractivity contribution in [2.75, 3.05) is 39.3 Å². The van der Waals surface area contributed by atoms with Crippen molar-refractivity contribution in [2.24, 2.45) is 5.92 Å². The zero-order valence-electron chi connectivity index (χ0n) is 12.3. The maximum atomic E-state index is 6.08. The first-order chi connectivity index (χ1) is 9.81. The molecule has 5 heteroatoms. The molecule has 1 aromatic rings. The molecule has 0 spiro atoms. The summed E-state index contributed by atoms with van der Waals surface area (Å²) < 4.78 is 5.93. The Morgan fingerprint density at radius 1 is 1.29 bits per heavy atom. The molecular weight excluding hydrogens is 307 g/mol. The van der Waals surface area contributed by atoms with Crippen LogP contribution in [0.5, 0.6) is 0 Å². The second-order valence-electron chi connectivity index (χ2n) is 5.87. The Morgan fingerprint density at radius 2 is 2.10 bits per heavy atom. The van der Waals surface area contributed by atoms with Gasteiger partial charge in [-0.3, -0.25) is 4.90 Å². The Labute approximate surface area is 138 Å². The fourth-order valence-electron chi connectivity index (χ4n) is 3.21. The molecule has 1 atom stereocenters. The number of nitrogens with one attached hydrogen (secondary N) is 1. The third-order valence-electron chi connectivity index (χ3n) is 4.35. The summed E-state index contributed by atoms with van der Waals surface area (Å²) in [5, 5.41) is 4.23. The highest BCUT2D eigenvalue weighted by Gasteiger charge is 2.24. The van der Waals surface area contributed by atoms with Gasteiger partial charge in [0.1, 0.15) is 0 Å². The van der Waals surface area contributed by atoms with E-state index in [1.165, 1.54) is 38.0 Å². The molecule has 0 radical (unpaired) electrons. The Kier molecular flexibility index (Phi) is 6.77. The molecule has 0 amide bonds. The summed E-state index contributed by atoms with van der Waals surface area (Å²) in [6, 6.07) is 8.07. The second-order valence-corrected chi connectivity index (χ2v) is 6.30. The molecule has 3 rings (SSSR count). The fraction of sp³-hybridized carbons (Fsp3) is 0.625. The Hall–Kier alpha value is -0.320. The molecule has 1 N–H and O–H groups in total. The Balaban J connectivity index is 0.00000161. The van der Waals surface area contributed by atoms with E-state index in [4.69, 9.17) is 16.3 Å². The molecule has 2 heterocycles. The van der Waals surface area contributed by atoms with Gasteiger partial charge in [-0.15, -0.1) is 12.4 Å². The number of halogens is 2. The number of rotatable bonds is 3. The Bertz CT molecular complexity index is 438. The van der Waals surface area contributed by atoms with Gasteiger partial charge in [-0.1, -0.05) is 23.7 Å². The predicted molar refractivity (Wildman–Crippen MR) is 89.4 cm³/mol. The average Bonchev–Trinajstić information content (AvgIpc) is 2.49. The number of ether oxygens (including phenoxy) is 1. The molecule has 1 unspecified atom stereocenters. The molecule has 0 saturated carbocycles. The number of morpholine rings is 1. The first-order valence-corrected chi connectivity index (χ1v) is 7.99. The zero-order valence-corrected chi connectivity index (χ0v) is 13.8. The fourth-order valence-corrected chi connectivity index (χ4v) is 3.41. The van der Waals surface area contributed by atoms with Gasteiger partial charge in [0.05, 0.1) is 12.7 Å². The minimum absolute atomic E-state index is 0. The SMILES string of the molecule is Cl.Clc1cccc(C2CN(CC3CCNCC3)CCO2)c1. The van der Waals surface area contributed by atoms with E-state index >= 15 is 0 Å². The quantitative estimate of drug-likeness (QED) is 0.921. The first kappa shape index (κ1) is 17.0. The summed E-state index contributed by atoms with van der Waals surface area (Å²) >= 11 is 6.08. The summed E-state index contributed by atoms with van der Waals surface area (Å²) in [5.74, 6) is 0.842. The standard InChI is InChI=1S/C16H23ClN2O.ClH/c17-15-3-1-2-14(10-15)16-12-19(8-9-20-16)11-13-4-6-18-7-5-13;/h1-3,10,13,16,18H,4-9,11-12H2;1H. The average molecular weight is 331 g/mol. The van der Waals surface area contributed by atoms with Crippen LogP contribution in [-0.2, 0) is 4.74 Å². The van der Waals surface area contributed by atoms with Crippen molar-refractivity contribution in [3.63, 3.8) is 0 Å². The van der Waals surface area contributed by atoms with Gasteiger partial charge in [-0.2, -0.15) is 0 Å². The van der Waals surface area contributed by atoms with E-state index in [2.05, 4.69) is 16.3 Å². The van der Waals surface area contributed by atoms with Crippen molar-refractivity contribution in [3.05, 3.63) is 34.9 Å². The van der Waals surface area contributed by atoms with Crippen molar-refractivity contribution in [3.8, 4) is 0 Å². The monoisotopic (exact) mass is 330 g/mol. The normalized spacial score (nSPS) is 24.5. The minimum Gasteiger partial charge on any atom is -0.371 e. The highest BCUT2D eigenvalue weighted by atomic mass is 35.5. The summed E-state index contributed by atoms with van der Waals surface area (Å²) in [6.45, 7) is 6.43. The van der Waals surface area contributed by atoms with Crippen molar-refractivity contribution in [1.29, 1.82) is 0 Å². The molecule has 0 aromatic heterocycles. The summed E-state index contributed by atoms with van der Waals surface area (Å²) in [6.07, 6.45) is 2.78. The van der Waals surface area contributed by atoms with Crippen molar-refractivity contribution >= 4 is 24.0 Å². The molecule has 0 aliphatic carbocycles. The summed E-state index contributed by atoms with van der Waals surface area (Å²) in [4.78, 5) is 2.56. The van der Waals surface area contributed by atoms with Crippen LogP contribution in [0.2, 0.25) is 5.02 Å². The topological polar surface area (TPSA) is 24.5 Å². The van der Waals surface area contributed by atoms with Crippen LogP contribution >= 0.6 is 24.0 Å². The number of hydrogen-bond acceptors (Lipinski definition) is 3. The van der Waals surface area contributed by atoms with Crippen molar-refractivity contribution < 1.29 is 4.74 Å². The lowest BCUT2D eigenvalue weighted by atomic mass is 9.97. The van der Waals surface area contributed by atoms with Crippen LogP contribution in [0.3, 0.4) is 0 Å². The van der Waals surface area contributed by atoms with Crippen LogP contribution in [0.15, 0.2) is 24.3 Å². The molecule has 2 aliphatic heterocycles. The lowest BCUT2D eigenvalue weighted by Crippen LogP contribution is -2.43. The molecular formula is C16H24Cl2N2O. The van der Waals surface area contributed by atoms with Gasteiger partial charge < -0.3 is 10.1 Å². The number of hydrogen-bond donors (Lipinski definition) is 1. The van der Waals surface area contributed by atoms with Crippen LogP contribution in [0.4, 0.5) is 0 Å². The molecule has 2 aliphatic rings. The van der Waals surface area contributed by atoms with Crippen molar-refractivity contribution in [2.45, 2.75) is 18.9 Å². The van der Waals surface area contributed by atoms with Crippen molar-refractivity contribution in [1.82, 2.24) is 10.2 Å². The molecule has 118 valence electrons. The van der Waals surface area contributed by atoms with Gasteiger partial charge in [0.15, 0.2) is 0 Å². The van der Waals surface area contributed by atoms with Gasteiger partial charge in [-0.05, 0) is 49.5 Å². The van der Waals surface area contributed by atoms with Crippen LogP contribution in [-0.4, -0.2) is 44.2 Å². The molecule has 2 saturated heterocycles. The van der Waals surface area contributed by atoms with E-state index in [9.17, 15) is 0 Å². The van der Waals surface area contributed by atoms with Gasteiger partial charge in [0.25, 0.3) is 0 Å². The maximum absolute atomic E-state index is 6.08. The van der Waals surface area contributed by atoms with E-state index in [0.29, 0.717) is 0 Å². The number of benzene rings is 1. The number of nitrogens with zero attached hydrogens (tertiary/aromatic N) is 1. The van der Waals surface area contributed by atoms with E-state index in [1.54, 1.807) is 0 Å². The lowest BCUT2D eigenvalue weighted by Gasteiger charge is -2.36. The maximum Gasteiger partial charge on any atom is 0.0952 e. The molecule has 0 bridgehead atoms. The predicted octanol–water partition coefficient (Wildman–Crippen LogP) is 3.13. The van der Waals surface area contributed by atoms with Gasteiger partial charge >= 0.3 is 0 Å². The van der Waals surface area contributed by atoms with E-state index in [1.807, 2.05) is 18.2 Å². The van der Waals surface area contributed by atoms with E-state index < -0.39 is 0 Å². The van der Waals surface area contributed by atoms with Gasteiger partial charge in [0.2, 0.25) is 0 Å². The van der Waals surface area contributed by atoms with Gasteiger partial charge in [-0.25, -0.2) is 0 Å². The van der Waals surface area contributed by atoms with Crippen LogP contribution in [0.25, 0.3) is 0 Å². The lowest BCUT2D eigenvalue weighted by molar-refractivity contribution is -0.0356. The van der Waals surface area contributed by atoms with Crippen LogP contribution in [0.1, 0.15) is 24.5 Å². The molecule has 1 aromatic carbocycles. The van der Waals surface area contributed by atoms with E-state index in [0.717, 1.165) is 30.6 Å². The Morgan fingerprint density at radius 3 is 2.86 bits per heavy atom. The third-order valence-corrected chi connectivity index (χ3v) is 4.58. The highest BCUT2D eigenvalue weighted by Crippen LogP contribution is 2.25. The summed E-state index contributed by atoms with van der Waals surface area (Å²) in [7, 11) is 0. The highest BCUT2D eigenvalue weighted by molar-refractivity contribution is 6.30. The van der Waals surface area contributed by atoms with Crippen LogP contribution in [0, 0.1) is 5.92 Å². The number of piperidine rings is 1. The second kappa shape index (κ2) is 8.35. The zero-order chi connectivity index (χ0) is 13.8. The first-order valence-electron chi connectivity index (χ1n) is 7.61. The van der Waals surface area contributed by atoms with Gasteiger partial charge in [0, 0.05) is 24.7 Å². The van der Waals surface area contributed by atoms with Crippen LogP contribution < -0.4 is 5.32 Å². The molecule has 3 nitrogen and oxygen atoms in total. The minimum atomic E-state index is 0. The smallest absolute Gasteiger partial charge is 0.0952 e. The molecule has 21 heavy (non-hydrogen) atoms. The molecule has 2 fully saturated rings.